The van der Waals surface area contributed by atoms with Crippen molar-refractivity contribution in [3.63, 3.8) is 0 Å². The molecule has 0 bridgehead atoms. The van der Waals surface area contributed by atoms with Crippen molar-refractivity contribution in [2.45, 2.75) is 65.5 Å². The van der Waals surface area contributed by atoms with Gasteiger partial charge in [0.2, 0.25) is 0 Å². The van der Waals surface area contributed by atoms with Crippen LogP contribution in [0, 0.1) is 17.3 Å². The lowest BCUT2D eigenvalue weighted by molar-refractivity contribution is -0.0398. The molecule has 0 aromatic heterocycles. The number of morpholine rings is 1. The Morgan fingerprint density at radius 3 is 2.35 bits per heavy atom. The number of ether oxygens (including phenoxy) is 1. The highest BCUT2D eigenvalue weighted by Crippen LogP contribution is 2.41. The number of nitrogens with two attached hydrogens (primary N) is 1. The molecule has 3 nitrogen and oxygen atoms in total. The van der Waals surface area contributed by atoms with Crippen LogP contribution in [0.3, 0.4) is 0 Å². The van der Waals surface area contributed by atoms with Crippen molar-refractivity contribution in [3.05, 3.63) is 0 Å². The summed E-state index contributed by atoms with van der Waals surface area (Å²) < 4.78 is 5.57. The second-order valence-electron chi connectivity index (χ2n) is 7.94. The lowest BCUT2D eigenvalue weighted by Crippen LogP contribution is -2.55. The number of nitrogens with zero attached hydrogens (tertiary/aromatic N) is 1. The maximum absolute atomic E-state index is 6.13. The molecule has 0 aromatic rings. The normalized spacial score (nSPS) is 35.0. The van der Waals surface area contributed by atoms with E-state index in [-0.39, 0.29) is 0 Å². The van der Waals surface area contributed by atoms with E-state index >= 15 is 0 Å². The summed E-state index contributed by atoms with van der Waals surface area (Å²) >= 11 is 0. The smallest absolute Gasteiger partial charge is 0.0619 e. The maximum atomic E-state index is 6.13. The van der Waals surface area contributed by atoms with E-state index in [9.17, 15) is 0 Å². The van der Waals surface area contributed by atoms with Crippen molar-refractivity contribution in [2.75, 3.05) is 26.3 Å². The number of rotatable bonds is 3. The van der Waals surface area contributed by atoms with Crippen LogP contribution in [0.1, 0.15) is 53.4 Å². The SMILES string of the molecule is CC1COCCN1C(CN)C1CCC(C(C)(C)C)CC1. The third-order valence-electron chi connectivity index (χ3n) is 5.63. The van der Waals surface area contributed by atoms with E-state index in [4.69, 9.17) is 10.5 Å². The molecule has 1 aliphatic heterocycles. The van der Waals surface area contributed by atoms with Gasteiger partial charge >= 0.3 is 0 Å². The summed E-state index contributed by atoms with van der Waals surface area (Å²) in [6.07, 6.45) is 5.47. The van der Waals surface area contributed by atoms with E-state index in [1.165, 1.54) is 25.7 Å². The molecule has 0 spiro atoms. The molecule has 1 saturated heterocycles. The van der Waals surface area contributed by atoms with Gasteiger partial charge in [0.1, 0.15) is 0 Å². The van der Waals surface area contributed by atoms with Gasteiger partial charge in [-0.1, -0.05) is 20.8 Å². The summed E-state index contributed by atoms with van der Waals surface area (Å²) in [6, 6.07) is 1.09. The Labute approximate surface area is 125 Å². The molecule has 0 aromatic carbocycles. The largest absolute Gasteiger partial charge is 0.379 e. The van der Waals surface area contributed by atoms with Crippen LogP contribution in [0.5, 0.6) is 0 Å². The summed E-state index contributed by atoms with van der Waals surface area (Å²) in [7, 11) is 0. The van der Waals surface area contributed by atoms with Crippen LogP contribution in [-0.2, 0) is 4.74 Å². The van der Waals surface area contributed by atoms with E-state index in [0.29, 0.717) is 17.5 Å². The van der Waals surface area contributed by atoms with Gasteiger partial charge in [0.05, 0.1) is 13.2 Å². The van der Waals surface area contributed by atoms with Gasteiger partial charge in [-0.3, -0.25) is 4.90 Å². The molecule has 2 N–H and O–H groups in total. The summed E-state index contributed by atoms with van der Waals surface area (Å²) in [6.45, 7) is 13.1. The van der Waals surface area contributed by atoms with Gasteiger partial charge in [0.15, 0.2) is 0 Å². The first-order valence-electron chi connectivity index (χ1n) is 8.47. The van der Waals surface area contributed by atoms with Crippen molar-refractivity contribution in [1.29, 1.82) is 0 Å². The predicted octanol–water partition coefficient (Wildman–Crippen LogP) is 2.89. The van der Waals surface area contributed by atoms with Crippen LogP contribution in [0.4, 0.5) is 0 Å². The topological polar surface area (TPSA) is 38.5 Å². The Kier molecular flexibility index (Phi) is 5.49. The van der Waals surface area contributed by atoms with Crippen LogP contribution in [0.25, 0.3) is 0 Å². The molecule has 2 atom stereocenters. The zero-order chi connectivity index (χ0) is 14.8. The molecule has 2 unspecified atom stereocenters. The molecule has 3 heteroatoms. The van der Waals surface area contributed by atoms with E-state index < -0.39 is 0 Å². The summed E-state index contributed by atoms with van der Waals surface area (Å²) in [5.74, 6) is 1.68. The Morgan fingerprint density at radius 2 is 1.85 bits per heavy atom. The highest BCUT2D eigenvalue weighted by molar-refractivity contribution is 4.89. The van der Waals surface area contributed by atoms with E-state index in [2.05, 4.69) is 32.6 Å². The first-order chi connectivity index (χ1) is 9.43. The van der Waals surface area contributed by atoms with E-state index in [0.717, 1.165) is 38.1 Å². The molecule has 20 heavy (non-hydrogen) atoms. The summed E-state index contributed by atoms with van der Waals surface area (Å²) in [4.78, 5) is 2.62. The third-order valence-corrected chi connectivity index (χ3v) is 5.63. The standard InChI is InChI=1S/C17H34N2O/c1-13-12-20-10-9-19(13)16(11-18)14-5-7-15(8-6-14)17(2,3)4/h13-16H,5-12,18H2,1-4H3. The molecule has 2 fully saturated rings. The van der Waals surface area contributed by atoms with Gasteiger partial charge < -0.3 is 10.5 Å². The number of hydrogen-bond donors (Lipinski definition) is 1. The van der Waals surface area contributed by atoms with Gasteiger partial charge in [0.25, 0.3) is 0 Å². The third kappa shape index (κ3) is 3.75. The lowest BCUT2D eigenvalue weighted by atomic mass is 9.68. The molecule has 1 saturated carbocycles. The van der Waals surface area contributed by atoms with Crippen molar-refractivity contribution in [3.8, 4) is 0 Å². The molecule has 1 heterocycles. The zero-order valence-electron chi connectivity index (χ0n) is 13.9. The lowest BCUT2D eigenvalue weighted by Gasteiger charge is -2.45. The van der Waals surface area contributed by atoms with Gasteiger partial charge in [0, 0.05) is 25.2 Å². The van der Waals surface area contributed by atoms with Gasteiger partial charge in [-0.15, -0.1) is 0 Å². The van der Waals surface area contributed by atoms with Crippen LogP contribution in [-0.4, -0.2) is 43.3 Å². The fraction of sp³-hybridized carbons (Fsp3) is 1.00. The van der Waals surface area contributed by atoms with Gasteiger partial charge in [-0.2, -0.15) is 0 Å². The van der Waals surface area contributed by atoms with Gasteiger partial charge in [-0.25, -0.2) is 0 Å². The monoisotopic (exact) mass is 282 g/mol. The summed E-state index contributed by atoms with van der Waals surface area (Å²) in [5.41, 5.74) is 6.60. The molecule has 0 radical (unpaired) electrons. The molecule has 118 valence electrons. The Hall–Kier alpha value is -0.120. The number of hydrogen-bond acceptors (Lipinski definition) is 3. The van der Waals surface area contributed by atoms with Crippen LogP contribution >= 0.6 is 0 Å². The van der Waals surface area contributed by atoms with Crippen molar-refractivity contribution in [2.24, 2.45) is 23.0 Å². The highest BCUT2D eigenvalue weighted by Gasteiger charge is 2.36. The Balaban J connectivity index is 1.93. The average molecular weight is 282 g/mol. The maximum Gasteiger partial charge on any atom is 0.0619 e. The average Bonchev–Trinajstić information content (AvgIpc) is 2.41. The quantitative estimate of drug-likeness (QED) is 0.865. The first kappa shape index (κ1) is 16.3. The van der Waals surface area contributed by atoms with E-state index in [1.54, 1.807) is 0 Å². The van der Waals surface area contributed by atoms with Crippen molar-refractivity contribution >= 4 is 0 Å². The van der Waals surface area contributed by atoms with Crippen molar-refractivity contribution in [1.82, 2.24) is 4.90 Å². The molecule has 1 aliphatic carbocycles. The first-order valence-corrected chi connectivity index (χ1v) is 8.47. The highest BCUT2D eigenvalue weighted by atomic mass is 16.5. The second kappa shape index (κ2) is 6.76. The van der Waals surface area contributed by atoms with Crippen molar-refractivity contribution < 1.29 is 4.74 Å². The van der Waals surface area contributed by atoms with Crippen LogP contribution in [0.2, 0.25) is 0 Å². The van der Waals surface area contributed by atoms with Gasteiger partial charge in [-0.05, 0) is 49.9 Å². The molecular weight excluding hydrogens is 248 g/mol. The van der Waals surface area contributed by atoms with E-state index in [1.807, 2.05) is 0 Å². The molecule has 2 aliphatic rings. The fourth-order valence-corrected chi connectivity index (χ4v) is 4.20. The Bertz CT molecular complexity index is 292. The second-order valence-corrected chi connectivity index (χ2v) is 7.94. The minimum atomic E-state index is 0.468. The zero-order valence-corrected chi connectivity index (χ0v) is 13.9. The molecule has 2 rings (SSSR count). The Morgan fingerprint density at radius 1 is 1.20 bits per heavy atom. The molecule has 0 amide bonds. The minimum absolute atomic E-state index is 0.468. The fourth-order valence-electron chi connectivity index (χ4n) is 4.20. The summed E-state index contributed by atoms with van der Waals surface area (Å²) in [5, 5.41) is 0. The molecular formula is C17H34N2O. The predicted molar refractivity (Wildman–Crippen MR) is 84.7 cm³/mol. The van der Waals surface area contributed by atoms with Crippen LogP contribution in [0.15, 0.2) is 0 Å². The minimum Gasteiger partial charge on any atom is -0.379 e. The van der Waals surface area contributed by atoms with Crippen LogP contribution < -0.4 is 5.73 Å².